The molecule has 2 rings (SSSR count). The van der Waals surface area contributed by atoms with E-state index in [0.717, 1.165) is 3.79 Å². The molecular weight excluding hydrogens is 480 g/mol. The van der Waals surface area contributed by atoms with Gasteiger partial charge in [0.25, 0.3) is 11.6 Å². The molecule has 0 aliphatic rings. The van der Waals surface area contributed by atoms with E-state index in [9.17, 15) is 14.9 Å². The smallest absolute Gasteiger partial charge is 0.270 e. The monoisotopic (exact) mass is 482 g/mol. The Hall–Kier alpha value is -0.770. The van der Waals surface area contributed by atoms with Crippen molar-refractivity contribution < 1.29 is 9.72 Å². The van der Waals surface area contributed by atoms with Crippen LogP contribution in [0.4, 0.5) is 11.4 Å². The summed E-state index contributed by atoms with van der Waals surface area (Å²) in [5.74, 6) is -0.298. The van der Waals surface area contributed by atoms with Crippen molar-refractivity contribution >= 4 is 76.4 Å². The lowest BCUT2D eigenvalue weighted by molar-refractivity contribution is -0.384. The zero-order chi connectivity index (χ0) is 14.9. The standard InChI is InChI=1S/C11H5Br3N2O3S/c12-7-3-5(16(18)19)1-2-8(7)15-11(17)6-4-9(13)20-10(6)14/h1-4H,(H,15,17). The highest BCUT2D eigenvalue weighted by atomic mass is 79.9. The van der Waals surface area contributed by atoms with Gasteiger partial charge in [0.1, 0.15) is 0 Å². The predicted molar refractivity (Wildman–Crippen MR) is 88.5 cm³/mol. The van der Waals surface area contributed by atoms with E-state index in [4.69, 9.17) is 0 Å². The lowest BCUT2D eigenvalue weighted by atomic mass is 10.2. The van der Waals surface area contributed by atoms with Gasteiger partial charge in [0.2, 0.25) is 0 Å². The van der Waals surface area contributed by atoms with Crippen LogP contribution in [-0.4, -0.2) is 10.8 Å². The van der Waals surface area contributed by atoms with E-state index in [-0.39, 0.29) is 11.6 Å². The van der Waals surface area contributed by atoms with Crippen LogP contribution in [-0.2, 0) is 0 Å². The Kier molecular flexibility index (Phi) is 4.95. The average Bonchev–Trinajstić information content (AvgIpc) is 2.70. The van der Waals surface area contributed by atoms with Crippen molar-refractivity contribution in [3.8, 4) is 0 Å². The molecular formula is C11H5Br3N2O3S. The number of nitro benzene ring substituents is 1. The molecule has 0 bridgehead atoms. The van der Waals surface area contributed by atoms with Crippen molar-refractivity contribution in [3.05, 3.63) is 52.0 Å². The Bertz CT molecular complexity index is 702. The number of nitrogens with zero attached hydrogens (tertiary/aromatic N) is 1. The third-order valence-electron chi connectivity index (χ3n) is 2.31. The molecule has 0 unspecified atom stereocenters. The molecule has 5 nitrogen and oxygen atoms in total. The van der Waals surface area contributed by atoms with Gasteiger partial charge >= 0.3 is 0 Å². The number of hydrogen-bond acceptors (Lipinski definition) is 4. The van der Waals surface area contributed by atoms with E-state index in [1.54, 1.807) is 6.07 Å². The largest absolute Gasteiger partial charge is 0.321 e. The van der Waals surface area contributed by atoms with Gasteiger partial charge in [0.15, 0.2) is 0 Å². The number of nitrogens with one attached hydrogen (secondary N) is 1. The van der Waals surface area contributed by atoms with Crippen LogP contribution >= 0.6 is 59.1 Å². The van der Waals surface area contributed by atoms with E-state index < -0.39 is 4.92 Å². The Morgan fingerprint density at radius 3 is 2.45 bits per heavy atom. The van der Waals surface area contributed by atoms with Gasteiger partial charge in [0.05, 0.1) is 23.7 Å². The van der Waals surface area contributed by atoms with E-state index in [1.807, 2.05) is 0 Å². The molecule has 0 spiro atoms. The number of anilines is 1. The van der Waals surface area contributed by atoms with Gasteiger partial charge in [0, 0.05) is 16.6 Å². The molecule has 0 fully saturated rings. The minimum absolute atomic E-state index is 0.0469. The molecule has 1 N–H and O–H groups in total. The third kappa shape index (κ3) is 3.46. The summed E-state index contributed by atoms with van der Waals surface area (Å²) in [6.07, 6.45) is 0. The van der Waals surface area contributed by atoms with Crippen LogP contribution in [0.25, 0.3) is 0 Å². The quantitative estimate of drug-likeness (QED) is 0.481. The number of non-ortho nitro benzene ring substituents is 1. The van der Waals surface area contributed by atoms with E-state index in [0.29, 0.717) is 19.5 Å². The summed E-state index contributed by atoms with van der Waals surface area (Å²) in [4.78, 5) is 22.3. The highest BCUT2D eigenvalue weighted by molar-refractivity contribution is 9.12. The first-order chi connectivity index (χ1) is 9.38. The summed E-state index contributed by atoms with van der Waals surface area (Å²) in [6.45, 7) is 0. The molecule has 0 radical (unpaired) electrons. The highest BCUT2D eigenvalue weighted by Crippen LogP contribution is 2.33. The molecule has 0 aliphatic heterocycles. The summed E-state index contributed by atoms with van der Waals surface area (Å²) in [6, 6.07) is 5.85. The van der Waals surface area contributed by atoms with Gasteiger partial charge in [-0.1, -0.05) is 0 Å². The second kappa shape index (κ2) is 6.33. The van der Waals surface area contributed by atoms with Crippen LogP contribution in [0, 0.1) is 10.1 Å². The summed E-state index contributed by atoms with van der Waals surface area (Å²) in [5, 5.41) is 13.3. The van der Waals surface area contributed by atoms with Gasteiger partial charge in [-0.25, -0.2) is 0 Å². The van der Waals surface area contributed by atoms with Crippen LogP contribution in [0.5, 0.6) is 0 Å². The molecule has 0 atom stereocenters. The van der Waals surface area contributed by atoms with Gasteiger partial charge in [-0.3, -0.25) is 14.9 Å². The van der Waals surface area contributed by atoms with Crippen LogP contribution < -0.4 is 5.32 Å². The van der Waals surface area contributed by atoms with Crippen molar-refractivity contribution in [1.82, 2.24) is 0 Å². The van der Waals surface area contributed by atoms with E-state index in [2.05, 4.69) is 53.1 Å². The molecule has 2 aromatic rings. The second-order valence-corrected chi connectivity index (χ2v) is 8.22. The number of rotatable bonds is 3. The summed E-state index contributed by atoms with van der Waals surface area (Å²) >= 11 is 11.2. The topological polar surface area (TPSA) is 72.2 Å². The third-order valence-corrected chi connectivity index (χ3v) is 5.31. The number of hydrogen-bond donors (Lipinski definition) is 1. The number of halogens is 3. The van der Waals surface area contributed by atoms with Crippen molar-refractivity contribution in [2.45, 2.75) is 0 Å². The van der Waals surface area contributed by atoms with Crippen LogP contribution in [0.15, 0.2) is 36.3 Å². The number of carbonyl (C=O) groups excluding carboxylic acids is 1. The lowest BCUT2D eigenvalue weighted by Gasteiger charge is -2.06. The maximum absolute atomic E-state index is 12.1. The maximum Gasteiger partial charge on any atom is 0.270 e. The molecule has 20 heavy (non-hydrogen) atoms. The molecule has 0 aliphatic carbocycles. The second-order valence-electron chi connectivity index (χ2n) is 3.61. The first-order valence-electron chi connectivity index (χ1n) is 5.08. The van der Waals surface area contributed by atoms with Crippen LogP contribution in [0.3, 0.4) is 0 Å². The predicted octanol–water partition coefficient (Wildman–Crippen LogP) is 5.20. The minimum atomic E-state index is -0.497. The normalized spacial score (nSPS) is 10.3. The number of carbonyl (C=O) groups is 1. The van der Waals surface area contributed by atoms with E-state index in [1.165, 1.54) is 29.5 Å². The zero-order valence-corrected chi connectivity index (χ0v) is 15.1. The maximum atomic E-state index is 12.1. The number of nitro groups is 1. The first-order valence-corrected chi connectivity index (χ1v) is 8.28. The Labute approximate surface area is 142 Å². The molecule has 1 heterocycles. The fraction of sp³-hybridized carbons (Fsp3) is 0. The molecule has 1 aromatic carbocycles. The van der Waals surface area contributed by atoms with Gasteiger partial charge in [-0.15, -0.1) is 11.3 Å². The lowest BCUT2D eigenvalue weighted by Crippen LogP contribution is -2.11. The first kappa shape index (κ1) is 15.6. The fourth-order valence-corrected chi connectivity index (χ4v) is 4.66. The van der Waals surface area contributed by atoms with E-state index >= 15 is 0 Å². The Morgan fingerprint density at radius 2 is 1.95 bits per heavy atom. The molecule has 1 amide bonds. The van der Waals surface area contributed by atoms with Crippen molar-refractivity contribution in [2.75, 3.05) is 5.32 Å². The van der Waals surface area contributed by atoms with Crippen LogP contribution in [0.1, 0.15) is 10.4 Å². The van der Waals surface area contributed by atoms with Crippen molar-refractivity contribution in [1.29, 1.82) is 0 Å². The SMILES string of the molecule is O=C(Nc1ccc([N+](=O)[O-])cc1Br)c1cc(Br)sc1Br. The molecule has 0 saturated heterocycles. The molecule has 9 heteroatoms. The number of benzene rings is 1. The molecule has 1 aromatic heterocycles. The van der Waals surface area contributed by atoms with Gasteiger partial charge < -0.3 is 5.32 Å². The highest BCUT2D eigenvalue weighted by Gasteiger charge is 2.16. The number of amides is 1. The fourth-order valence-electron chi connectivity index (χ4n) is 1.40. The van der Waals surface area contributed by atoms with Gasteiger partial charge in [-0.2, -0.15) is 0 Å². The molecule has 0 saturated carbocycles. The zero-order valence-electron chi connectivity index (χ0n) is 9.52. The number of thiophene rings is 1. The van der Waals surface area contributed by atoms with Crippen molar-refractivity contribution in [2.24, 2.45) is 0 Å². The Morgan fingerprint density at radius 1 is 1.25 bits per heavy atom. The summed E-state index contributed by atoms with van der Waals surface area (Å²) in [5.41, 5.74) is 0.913. The van der Waals surface area contributed by atoms with Gasteiger partial charge in [-0.05, 0) is 59.9 Å². The average molecular weight is 485 g/mol. The van der Waals surface area contributed by atoms with Crippen molar-refractivity contribution in [3.63, 3.8) is 0 Å². The summed E-state index contributed by atoms with van der Waals surface area (Å²) in [7, 11) is 0. The minimum Gasteiger partial charge on any atom is -0.321 e. The van der Waals surface area contributed by atoms with Crippen LogP contribution in [0.2, 0.25) is 0 Å². The molecule has 104 valence electrons. The Balaban J connectivity index is 2.24. The summed E-state index contributed by atoms with van der Waals surface area (Å²) < 4.78 is 1.99.